The molecule has 1 aliphatic carbocycles. The van der Waals surface area contributed by atoms with Crippen molar-refractivity contribution in [2.24, 2.45) is 5.92 Å². The number of para-hydroxylation sites is 1. The van der Waals surface area contributed by atoms with E-state index in [1.54, 1.807) is 0 Å². The summed E-state index contributed by atoms with van der Waals surface area (Å²) < 4.78 is 5.23. The first-order valence-electron chi connectivity index (χ1n) is 6.85. The molecule has 0 bridgehead atoms. The van der Waals surface area contributed by atoms with Gasteiger partial charge in [-0.05, 0) is 30.9 Å². The van der Waals surface area contributed by atoms with Gasteiger partial charge in [-0.3, -0.25) is 4.79 Å². The molecule has 0 radical (unpaired) electrons. The predicted molar refractivity (Wildman–Crippen MR) is 80.8 cm³/mol. The molecule has 1 amide bonds. The lowest BCUT2D eigenvalue weighted by molar-refractivity contribution is -0.130. The number of halogens is 1. The van der Waals surface area contributed by atoms with Gasteiger partial charge in [0.2, 0.25) is 5.91 Å². The van der Waals surface area contributed by atoms with Gasteiger partial charge in [0.05, 0.1) is 6.42 Å². The summed E-state index contributed by atoms with van der Waals surface area (Å²) in [5.41, 5.74) is 1.46. The molecule has 3 rings (SSSR count). The van der Waals surface area contributed by atoms with Gasteiger partial charge in [-0.15, -0.1) is 0 Å². The Hall–Kier alpha value is -1.36. The smallest absolute Gasteiger partial charge is 0.228 e. The summed E-state index contributed by atoms with van der Waals surface area (Å²) in [6.45, 7) is 0.830. The lowest BCUT2D eigenvalue weighted by Gasteiger charge is -2.34. The fourth-order valence-corrected chi connectivity index (χ4v) is 3.69. The summed E-state index contributed by atoms with van der Waals surface area (Å²) in [7, 11) is 1.87. The summed E-state index contributed by atoms with van der Waals surface area (Å²) in [5.74, 6) is 0.726. The number of fused-ring (bicyclic) bond motifs is 1. The lowest BCUT2D eigenvalue weighted by atomic mass is 9.85. The predicted octanol–water partition coefficient (Wildman–Crippen LogP) is 3.00. The van der Waals surface area contributed by atoms with E-state index >= 15 is 0 Å². The van der Waals surface area contributed by atoms with E-state index in [1.165, 1.54) is 0 Å². The Morgan fingerprint density at radius 1 is 1.45 bits per heavy atom. The van der Waals surface area contributed by atoms with Gasteiger partial charge >= 0.3 is 0 Å². The van der Waals surface area contributed by atoms with E-state index < -0.39 is 0 Å². The molecule has 5 heteroatoms. The van der Waals surface area contributed by atoms with Crippen LogP contribution < -0.4 is 0 Å². The van der Waals surface area contributed by atoms with Crippen molar-refractivity contribution in [3.8, 4) is 0 Å². The zero-order valence-electron chi connectivity index (χ0n) is 11.4. The fraction of sp³-hybridized carbons (Fsp3) is 0.467. The van der Waals surface area contributed by atoms with Crippen LogP contribution in [0.25, 0.3) is 11.0 Å². The molecule has 20 heavy (non-hydrogen) atoms. The van der Waals surface area contributed by atoms with Gasteiger partial charge in [0.15, 0.2) is 5.58 Å². The molecular formula is C15H17BrN2O2. The molecule has 1 aromatic heterocycles. The van der Waals surface area contributed by atoms with E-state index in [0.29, 0.717) is 17.2 Å². The molecule has 0 atom stereocenters. The second-order valence-corrected chi connectivity index (χ2v) is 6.81. The van der Waals surface area contributed by atoms with Crippen molar-refractivity contribution in [2.75, 3.05) is 13.6 Å². The number of aromatic nitrogens is 1. The Morgan fingerprint density at radius 3 is 2.95 bits per heavy atom. The minimum Gasteiger partial charge on any atom is -0.356 e. The lowest BCUT2D eigenvalue weighted by Crippen LogP contribution is -2.38. The monoisotopic (exact) mass is 336 g/mol. The molecule has 1 aromatic carbocycles. The van der Waals surface area contributed by atoms with Crippen LogP contribution in [0.1, 0.15) is 18.5 Å². The number of alkyl halides is 1. The molecule has 0 N–H and O–H groups in total. The number of rotatable bonds is 4. The van der Waals surface area contributed by atoms with Crippen molar-refractivity contribution in [3.05, 3.63) is 30.0 Å². The van der Waals surface area contributed by atoms with E-state index in [9.17, 15) is 4.79 Å². The maximum atomic E-state index is 12.2. The minimum absolute atomic E-state index is 0.0991. The number of amides is 1. The Kier molecular flexibility index (Phi) is 3.78. The summed E-state index contributed by atoms with van der Waals surface area (Å²) in [6.07, 6.45) is 2.62. The van der Waals surface area contributed by atoms with Crippen LogP contribution in [0.5, 0.6) is 0 Å². The number of carbonyl (C=O) groups is 1. The molecule has 1 fully saturated rings. The fourth-order valence-electron chi connectivity index (χ4n) is 2.64. The third-order valence-electron chi connectivity index (χ3n) is 3.91. The number of benzene rings is 1. The highest BCUT2D eigenvalue weighted by molar-refractivity contribution is 9.09. The van der Waals surface area contributed by atoms with Crippen LogP contribution in [-0.2, 0) is 11.2 Å². The number of carbonyl (C=O) groups excluding carboxylic acids is 1. The largest absolute Gasteiger partial charge is 0.356 e. The first-order valence-corrected chi connectivity index (χ1v) is 7.76. The minimum atomic E-state index is 0.0991. The molecule has 106 valence electrons. The van der Waals surface area contributed by atoms with E-state index in [4.69, 9.17) is 4.52 Å². The maximum absolute atomic E-state index is 12.2. The quantitative estimate of drug-likeness (QED) is 0.806. The standard InChI is InChI=1S/C15H17BrN2O2/c1-18(9-10-6-11(16)7-10)15(19)8-13-12-4-2-3-5-14(12)20-17-13/h2-5,10-11H,6-9H2,1H3. The topological polar surface area (TPSA) is 46.3 Å². The first kappa shape index (κ1) is 13.6. The van der Waals surface area contributed by atoms with Crippen molar-refractivity contribution in [3.63, 3.8) is 0 Å². The maximum Gasteiger partial charge on any atom is 0.228 e. The number of nitrogens with zero attached hydrogens (tertiary/aromatic N) is 2. The van der Waals surface area contributed by atoms with Gasteiger partial charge in [-0.1, -0.05) is 33.2 Å². The SMILES string of the molecule is CN(CC1CC(Br)C1)C(=O)Cc1noc2ccccc12. The van der Waals surface area contributed by atoms with Crippen molar-refractivity contribution in [1.29, 1.82) is 0 Å². The van der Waals surface area contributed by atoms with Gasteiger partial charge in [0.25, 0.3) is 0 Å². The molecule has 1 aliphatic rings. The van der Waals surface area contributed by atoms with Crippen LogP contribution in [0.4, 0.5) is 0 Å². The van der Waals surface area contributed by atoms with Crippen molar-refractivity contribution < 1.29 is 9.32 Å². The summed E-state index contributed by atoms with van der Waals surface area (Å²) in [4.78, 5) is 14.7. The molecule has 0 saturated heterocycles. The Balaban J connectivity index is 1.63. The highest BCUT2D eigenvalue weighted by Crippen LogP contribution is 2.33. The average molecular weight is 337 g/mol. The molecule has 0 aliphatic heterocycles. The van der Waals surface area contributed by atoms with Crippen LogP contribution in [0, 0.1) is 5.92 Å². The Bertz CT molecular complexity index is 619. The molecule has 0 spiro atoms. The highest BCUT2D eigenvalue weighted by atomic mass is 79.9. The molecule has 1 heterocycles. The molecular weight excluding hydrogens is 320 g/mol. The first-order chi connectivity index (χ1) is 9.63. The van der Waals surface area contributed by atoms with E-state index in [-0.39, 0.29) is 5.91 Å². The van der Waals surface area contributed by atoms with Crippen LogP contribution in [-0.4, -0.2) is 34.4 Å². The van der Waals surface area contributed by atoms with Gasteiger partial charge in [-0.25, -0.2) is 0 Å². The second kappa shape index (κ2) is 5.56. The third kappa shape index (κ3) is 2.73. The zero-order chi connectivity index (χ0) is 14.1. The number of likely N-dealkylation sites (N-methyl/N-ethyl adjacent to an activating group) is 1. The number of hydrogen-bond acceptors (Lipinski definition) is 3. The zero-order valence-corrected chi connectivity index (χ0v) is 13.0. The normalized spacial score (nSPS) is 21.7. The van der Waals surface area contributed by atoms with E-state index in [2.05, 4.69) is 21.1 Å². The Labute approximate surface area is 126 Å². The van der Waals surface area contributed by atoms with Crippen molar-refractivity contribution >= 4 is 32.8 Å². The molecule has 4 nitrogen and oxygen atoms in total. The molecule has 2 aromatic rings. The van der Waals surface area contributed by atoms with Crippen LogP contribution in [0.15, 0.2) is 28.8 Å². The number of hydrogen-bond donors (Lipinski definition) is 0. The van der Waals surface area contributed by atoms with Crippen LogP contribution in [0.3, 0.4) is 0 Å². The van der Waals surface area contributed by atoms with Gasteiger partial charge in [-0.2, -0.15) is 0 Å². The second-order valence-electron chi connectivity index (χ2n) is 5.51. The summed E-state index contributed by atoms with van der Waals surface area (Å²) in [5, 5.41) is 4.94. The van der Waals surface area contributed by atoms with Crippen LogP contribution >= 0.6 is 15.9 Å². The van der Waals surface area contributed by atoms with Crippen LogP contribution in [0.2, 0.25) is 0 Å². The van der Waals surface area contributed by atoms with Crippen molar-refractivity contribution in [2.45, 2.75) is 24.1 Å². The van der Waals surface area contributed by atoms with E-state index in [1.807, 2.05) is 36.2 Å². The Morgan fingerprint density at radius 2 is 2.20 bits per heavy atom. The molecule has 0 unspecified atom stereocenters. The van der Waals surface area contributed by atoms with Gasteiger partial charge in [0.1, 0.15) is 5.69 Å². The van der Waals surface area contributed by atoms with Gasteiger partial charge in [0, 0.05) is 23.8 Å². The third-order valence-corrected chi connectivity index (χ3v) is 4.65. The van der Waals surface area contributed by atoms with Crippen molar-refractivity contribution in [1.82, 2.24) is 10.1 Å². The molecule has 1 saturated carbocycles. The van der Waals surface area contributed by atoms with Gasteiger partial charge < -0.3 is 9.42 Å². The average Bonchev–Trinajstić information content (AvgIpc) is 2.80. The highest BCUT2D eigenvalue weighted by Gasteiger charge is 2.29. The summed E-state index contributed by atoms with van der Waals surface area (Å²) in [6, 6.07) is 7.64. The summed E-state index contributed by atoms with van der Waals surface area (Å²) >= 11 is 3.58. The van der Waals surface area contributed by atoms with E-state index in [0.717, 1.165) is 36.0 Å².